The lowest BCUT2D eigenvalue weighted by molar-refractivity contribution is 0.0734. The van der Waals surface area contributed by atoms with Gasteiger partial charge in [-0.2, -0.15) is 5.10 Å². The van der Waals surface area contributed by atoms with Crippen molar-refractivity contribution in [2.45, 2.75) is 20.5 Å². The van der Waals surface area contributed by atoms with Crippen LogP contribution in [0.4, 0.5) is 0 Å². The molecule has 0 aliphatic heterocycles. The highest BCUT2D eigenvalue weighted by molar-refractivity contribution is 6.04. The van der Waals surface area contributed by atoms with Crippen molar-refractivity contribution in [3.63, 3.8) is 0 Å². The molecule has 0 radical (unpaired) electrons. The van der Waals surface area contributed by atoms with Crippen LogP contribution >= 0.6 is 0 Å². The second kappa shape index (κ2) is 13.3. The first-order chi connectivity index (χ1) is 20.5. The number of nitrogens with zero attached hydrogens (tertiary/aromatic N) is 1. The fraction of sp³-hybridized carbons (Fsp3) is 0.114. The Morgan fingerprint density at radius 2 is 1.43 bits per heavy atom. The molecule has 7 heteroatoms. The summed E-state index contributed by atoms with van der Waals surface area (Å²) in [7, 11) is 0. The van der Waals surface area contributed by atoms with Gasteiger partial charge in [-0.05, 0) is 84.8 Å². The fourth-order valence-corrected chi connectivity index (χ4v) is 4.28. The van der Waals surface area contributed by atoms with Crippen molar-refractivity contribution in [2.24, 2.45) is 5.10 Å². The van der Waals surface area contributed by atoms with Gasteiger partial charge in [0.25, 0.3) is 5.91 Å². The van der Waals surface area contributed by atoms with Crippen molar-refractivity contribution in [2.75, 3.05) is 6.61 Å². The van der Waals surface area contributed by atoms with Gasteiger partial charge in [-0.15, -0.1) is 0 Å². The molecule has 5 aromatic carbocycles. The van der Waals surface area contributed by atoms with E-state index in [1.165, 1.54) is 11.8 Å². The van der Waals surface area contributed by atoms with Crippen LogP contribution in [0, 0.1) is 6.92 Å². The Morgan fingerprint density at radius 3 is 2.14 bits per heavy atom. The van der Waals surface area contributed by atoms with Crippen molar-refractivity contribution in [1.29, 1.82) is 0 Å². The summed E-state index contributed by atoms with van der Waals surface area (Å²) < 4.78 is 17.0. The zero-order valence-electron chi connectivity index (χ0n) is 23.4. The molecule has 0 atom stereocenters. The van der Waals surface area contributed by atoms with Crippen molar-refractivity contribution in [1.82, 2.24) is 5.43 Å². The van der Waals surface area contributed by atoms with Crippen molar-refractivity contribution >= 4 is 28.9 Å². The maximum absolute atomic E-state index is 12.9. The molecule has 210 valence electrons. The van der Waals surface area contributed by atoms with E-state index in [1.54, 1.807) is 54.6 Å². The second-order valence-electron chi connectivity index (χ2n) is 9.54. The zero-order valence-corrected chi connectivity index (χ0v) is 23.4. The minimum absolute atomic E-state index is 0.320. The van der Waals surface area contributed by atoms with E-state index in [4.69, 9.17) is 14.2 Å². The van der Waals surface area contributed by atoms with Crippen LogP contribution in [-0.4, -0.2) is 24.7 Å². The van der Waals surface area contributed by atoms with Gasteiger partial charge in [0.05, 0.1) is 18.4 Å². The number of amides is 1. The molecule has 0 aliphatic rings. The Bertz CT molecular complexity index is 1710. The number of carbonyl (C=O) groups excluding carboxylic acids is 2. The maximum Gasteiger partial charge on any atom is 0.343 e. The van der Waals surface area contributed by atoms with Gasteiger partial charge in [-0.3, -0.25) is 4.79 Å². The van der Waals surface area contributed by atoms with Gasteiger partial charge in [0, 0.05) is 11.1 Å². The van der Waals surface area contributed by atoms with Gasteiger partial charge in [0.1, 0.15) is 23.9 Å². The molecule has 0 saturated heterocycles. The highest BCUT2D eigenvalue weighted by Crippen LogP contribution is 2.28. The Balaban J connectivity index is 1.27. The van der Waals surface area contributed by atoms with Crippen LogP contribution in [-0.2, 0) is 6.61 Å². The SMILES string of the molecule is CCOc1ccc(C(=O)Oc2ccc3ccccc3c2/C=N\NC(=O)c2ccc(OCc3ccc(C)cc3)cc2)cc1. The first-order valence-electron chi connectivity index (χ1n) is 13.6. The molecule has 0 bridgehead atoms. The van der Waals surface area contributed by atoms with Crippen LogP contribution in [0.15, 0.2) is 114 Å². The lowest BCUT2D eigenvalue weighted by Gasteiger charge is -2.11. The summed E-state index contributed by atoms with van der Waals surface area (Å²) in [5.41, 5.74) is 6.19. The first kappa shape index (κ1) is 28.1. The number of esters is 1. The van der Waals surface area contributed by atoms with Gasteiger partial charge >= 0.3 is 5.97 Å². The third-order valence-corrected chi connectivity index (χ3v) is 6.54. The summed E-state index contributed by atoms with van der Waals surface area (Å²) in [5.74, 6) is 0.750. The topological polar surface area (TPSA) is 86.2 Å². The Kier molecular flexibility index (Phi) is 8.89. The summed E-state index contributed by atoms with van der Waals surface area (Å²) in [4.78, 5) is 25.7. The highest BCUT2D eigenvalue weighted by Gasteiger charge is 2.14. The number of hydrogen-bond acceptors (Lipinski definition) is 6. The van der Waals surface area contributed by atoms with Crippen LogP contribution in [0.3, 0.4) is 0 Å². The fourth-order valence-electron chi connectivity index (χ4n) is 4.28. The van der Waals surface area contributed by atoms with Crippen molar-refractivity contribution in [3.8, 4) is 17.2 Å². The summed E-state index contributed by atoms with van der Waals surface area (Å²) in [5, 5.41) is 5.94. The quantitative estimate of drug-likeness (QED) is 0.0855. The van der Waals surface area contributed by atoms with E-state index in [-0.39, 0.29) is 5.91 Å². The molecule has 7 nitrogen and oxygen atoms in total. The molecular formula is C35H30N2O5. The third-order valence-electron chi connectivity index (χ3n) is 6.54. The first-order valence-corrected chi connectivity index (χ1v) is 13.6. The lowest BCUT2D eigenvalue weighted by atomic mass is 10.0. The monoisotopic (exact) mass is 558 g/mol. The minimum atomic E-state index is -0.517. The van der Waals surface area contributed by atoms with E-state index in [9.17, 15) is 9.59 Å². The van der Waals surface area contributed by atoms with E-state index in [1.807, 2.05) is 68.4 Å². The Hall–Kier alpha value is -5.43. The van der Waals surface area contributed by atoms with E-state index >= 15 is 0 Å². The second-order valence-corrected chi connectivity index (χ2v) is 9.54. The average molecular weight is 559 g/mol. The van der Waals surface area contributed by atoms with E-state index < -0.39 is 5.97 Å². The van der Waals surface area contributed by atoms with E-state index in [0.717, 1.165) is 16.3 Å². The molecule has 1 N–H and O–H groups in total. The standard InChI is InChI=1S/C35H30N2O5/c1-3-40-29-19-14-28(15-20-29)35(39)42-33-21-16-26-6-4-5-7-31(26)32(33)22-36-37-34(38)27-12-17-30(18-13-27)41-23-25-10-8-24(2)9-11-25/h4-22H,3,23H2,1-2H3,(H,37,38)/b36-22-. The molecular weight excluding hydrogens is 528 g/mol. The van der Waals surface area contributed by atoms with Crippen LogP contribution < -0.4 is 19.6 Å². The van der Waals surface area contributed by atoms with Gasteiger partial charge < -0.3 is 14.2 Å². The molecule has 1 amide bonds. The van der Waals surface area contributed by atoms with Gasteiger partial charge in [0.2, 0.25) is 0 Å². The Morgan fingerprint density at radius 1 is 0.762 bits per heavy atom. The normalized spacial score (nSPS) is 10.9. The molecule has 42 heavy (non-hydrogen) atoms. The summed E-state index contributed by atoms with van der Waals surface area (Å²) in [6.07, 6.45) is 1.49. The predicted octanol–water partition coefficient (Wildman–Crippen LogP) is 7.11. The third kappa shape index (κ3) is 7.01. The number of hydrogen-bond donors (Lipinski definition) is 1. The smallest absolute Gasteiger partial charge is 0.343 e. The lowest BCUT2D eigenvalue weighted by Crippen LogP contribution is -2.17. The summed E-state index contributed by atoms with van der Waals surface area (Å²) >= 11 is 0. The summed E-state index contributed by atoms with van der Waals surface area (Å²) in [6, 6.07) is 33.0. The van der Waals surface area contributed by atoms with Gasteiger partial charge in [0.15, 0.2) is 0 Å². The van der Waals surface area contributed by atoms with Crippen molar-refractivity contribution < 1.29 is 23.8 Å². The number of hydrazone groups is 1. The predicted molar refractivity (Wildman–Crippen MR) is 164 cm³/mol. The molecule has 5 rings (SSSR count). The number of ether oxygens (including phenoxy) is 3. The number of nitrogens with one attached hydrogen (secondary N) is 1. The number of carbonyl (C=O) groups is 2. The molecule has 5 aromatic rings. The van der Waals surface area contributed by atoms with Crippen LogP contribution in [0.5, 0.6) is 17.2 Å². The number of aryl methyl sites for hydroxylation is 1. The number of fused-ring (bicyclic) bond motifs is 1. The number of rotatable bonds is 10. The molecule has 0 spiro atoms. The van der Waals surface area contributed by atoms with Crippen LogP contribution in [0.1, 0.15) is 44.3 Å². The minimum Gasteiger partial charge on any atom is -0.494 e. The van der Waals surface area contributed by atoms with Gasteiger partial charge in [-0.25, -0.2) is 10.2 Å². The molecule has 0 aliphatic carbocycles. The largest absolute Gasteiger partial charge is 0.494 e. The zero-order chi connectivity index (χ0) is 29.3. The van der Waals surface area contributed by atoms with E-state index in [2.05, 4.69) is 10.5 Å². The average Bonchev–Trinajstić information content (AvgIpc) is 3.02. The van der Waals surface area contributed by atoms with Crippen LogP contribution in [0.2, 0.25) is 0 Å². The summed E-state index contributed by atoms with van der Waals surface area (Å²) in [6.45, 7) is 4.91. The van der Waals surface area contributed by atoms with Crippen molar-refractivity contribution in [3.05, 3.63) is 137 Å². The molecule has 0 aromatic heterocycles. The highest BCUT2D eigenvalue weighted by atomic mass is 16.5. The number of benzene rings is 5. The van der Waals surface area contributed by atoms with Crippen LogP contribution in [0.25, 0.3) is 10.8 Å². The molecule has 0 fully saturated rings. The molecule has 0 unspecified atom stereocenters. The van der Waals surface area contributed by atoms with Gasteiger partial charge in [-0.1, -0.05) is 60.2 Å². The Labute approximate surface area is 244 Å². The molecule has 0 saturated carbocycles. The molecule has 0 heterocycles. The van der Waals surface area contributed by atoms with E-state index in [0.29, 0.717) is 47.2 Å². The maximum atomic E-state index is 12.9.